The summed E-state index contributed by atoms with van der Waals surface area (Å²) in [4.78, 5) is 28.0. The number of carbonyl (C=O) groups excluding carboxylic acids is 2. The van der Waals surface area contributed by atoms with E-state index in [1.807, 2.05) is 19.9 Å². The Balaban J connectivity index is 1.92. The molecule has 0 spiro atoms. The summed E-state index contributed by atoms with van der Waals surface area (Å²) in [6.07, 6.45) is 0.830. The van der Waals surface area contributed by atoms with Crippen molar-refractivity contribution in [3.63, 3.8) is 0 Å². The topological polar surface area (TPSA) is 90.6 Å². The molecule has 4 rings (SSSR count). The van der Waals surface area contributed by atoms with Crippen LogP contribution in [-0.2, 0) is 9.59 Å². The number of hydrogen-bond acceptors (Lipinski definition) is 5. The number of aryl methyl sites for hydroxylation is 1. The van der Waals surface area contributed by atoms with E-state index in [9.17, 15) is 14.7 Å². The van der Waals surface area contributed by atoms with Crippen LogP contribution in [0.4, 0.5) is 5.69 Å². The zero-order chi connectivity index (χ0) is 25.1. The van der Waals surface area contributed by atoms with Gasteiger partial charge in [0.05, 0.1) is 29.9 Å². The van der Waals surface area contributed by atoms with E-state index in [0.717, 1.165) is 16.5 Å². The van der Waals surface area contributed by atoms with Crippen LogP contribution in [0.2, 0.25) is 0 Å². The second kappa shape index (κ2) is 10.2. The molecule has 0 radical (unpaired) electrons. The van der Waals surface area contributed by atoms with Crippen LogP contribution >= 0.6 is 15.9 Å². The maximum Gasteiger partial charge on any atom is 0.300 e. The summed E-state index contributed by atoms with van der Waals surface area (Å²) in [6, 6.07) is 20.0. The quantitative estimate of drug-likeness (QED) is 0.238. The fourth-order valence-corrected chi connectivity index (χ4v) is 4.30. The van der Waals surface area contributed by atoms with Crippen molar-refractivity contribution >= 4 is 39.1 Å². The molecule has 35 heavy (non-hydrogen) atoms. The molecular weight excluding hydrogens is 508 g/mol. The van der Waals surface area contributed by atoms with Crippen LogP contribution in [0.15, 0.2) is 76.8 Å². The Hall–Kier alpha value is -3.89. The average molecular weight is 531 g/mol. The highest BCUT2D eigenvalue weighted by molar-refractivity contribution is 9.10. The molecule has 1 saturated heterocycles. The molecule has 1 amide bonds. The normalized spacial score (nSPS) is 16.9. The molecule has 1 unspecified atom stereocenters. The van der Waals surface area contributed by atoms with Crippen molar-refractivity contribution in [1.29, 1.82) is 5.26 Å². The predicted octanol–water partition coefficient (Wildman–Crippen LogP) is 6.04. The minimum atomic E-state index is -0.878. The van der Waals surface area contributed by atoms with Crippen LogP contribution in [0.25, 0.3) is 5.76 Å². The van der Waals surface area contributed by atoms with Gasteiger partial charge in [0.15, 0.2) is 0 Å². The minimum Gasteiger partial charge on any atom is -0.507 e. The van der Waals surface area contributed by atoms with Crippen LogP contribution < -0.4 is 9.64 Å². The number of benzene rings is 3. The molecule has 1 fully saturated rings. The summed E-state index contributed by atoms with van der Waals surface area (Å²) in [6.45, 7) is 4.41. The van der Waals surface area contributed by atoms with E-state index in [1.165, 1.54) is 4.90 Å². The molecule has 0 aliphatic carbocycles. The fourth-order valence-electron chi connectivity index (χ4n) is 4.05. The number of carbonyl (C=O) groups is 2. The molecule has 1 atom stereocenters. The molecule has 6 nitrogen and oxygen atoms in total. The van der Waals surface area contributed by atoms with Crippen LogP contribution in [0.3, 0.4) is 0 Å². The predicted molar refractivity (Wildman–Crippen MR) is 137 cm³/mol. The van der Waals surface area contributed by atoms with Crippen molar-refractivity contribution in [3.05, 3.63) is 99.0 Å². The first-order chi connectivity index (χ1) is 16.8. The Morgan fingerprint density at radius 1 is 1.11 bits per heavy atom. The van der Waals surface area contributed by atoms with Crippen LogP contribution in [0.1, 0.15) is 41.6 Å². The van der Waals surface area contributed by atoms with Gasteiger partial charge in [0, 0.05) is 15.7 Å². The fraction of sp³-hybridized carbons (Fsp3) is 0.179. The summed E-state index contributed by atoms with van der Waals surface area (Å²) in [7, 11) is 0. The van der Waals surface area contributed by atoms with Gasteiger partial charge in [-0.15, -0.1) is 0 Å². The number of ether oxygens (including phenoxy) is 1. The van der Waals surface area contributed by atoms with Crippen LogP contribution in [0, 0.1) is 18.3 Å². The molecule has 176 valence electrons. The van der Waals surface area contributed by atoms with E-state index in [4.69, 9.17) is 10.00 Å². The number of aliphatic hydroxyl groups is 1. The van der Waals surface area contributed by atoms with E-state index in [-0.39, 0.29) is 11.3 Å². The van der Waals surface area contributed by atoms with Crippen molar-refractivity contribution in [3.8, 4) is 11.8 Å². The Bertz CT molecular complexity index is 1370. The van der Waals surface area contributed by atoms with Gasteiger partial charge >= 0.3 is 0 Å². The van der Waals surface area contributed by atoms with E-state index < -0.39 is 17.7 Å². The lowest BCUT2D eigenvalue weighted by Gasteiger charge is -2.26. The number of hydrogen-bond donors (Lipinski definition) is 1. The van der Waals surface area contributed by atoms with Crippen molar-refractivity contribution in [2.24, 2.45) is 0 Å². The third-order valence-corrected chi connectivity index (χ3v) is 6.69. The molecule has 1 aliphatic heterocycles. The summed E-state index contributed by atoms with van der Waals surface area (Å²) in [5.41, 5.74) is 2.81. The largest absolute Gasteiger partial charge is 0.507 e. The molecule has 1 N–H and O–H groups in total. The maximum absolute atomic E-state index is 13.3. The van der Waals surface area contributed by atoms with Gasteiger partial charge < -0.3 is 9.84 Å². The van der Waals surface area contributed by atoms with E-state index in [0.29, 0.717) is 34.7 Å². The van der Waals surface area contributed by atoms with Crippen LogP contribution in [0.5, 0.6) is 5.75 Å². The number of nitriles is 1. The van der Waals surface area contributed by atoms with Gasteiger partial charge in [-0.3, -0.25) is 14.5 Å². The van der Waals surface area contributed by atoms with Crippen LogP contribution in [-0.4, -0.2) is 23.4 Å². The summed E-state index contributed by atoms with van der Waals surface area (Å²) >= 11 is 3.45. The number of ketones is 1. The van der Waals surface area contributed by atoms with Crippen molar-refractivity contribution in [2.45, 2.75) is 26.3 Å². The Labute approximate surface area is 212 Å². The van der Waals surface area contributed by atoms with Gasteiger partial charge in [0.2, 0.25) is 0 Å². The second-order valence-electron chi connectivity index (χ2n) is 8.21. The third kappa shape index (κ3) is 4.71. The first kappa shape index (κ1) is 24.2. The standard InChI is InChI=1S/C28H23BrN2O4/c1-3-13-35-22-6-4-5-19(15-22)25-24(26(32)20-9-12-23(29)17(2)14-20)27(33)28(34)31(25)21-10-7-18(16-30)8-11-21/h4-12,14-15,25,32H,3,13H2,1-2H3/b26-24-. The molecule has 3 aromatic carbocycles. The van der Waals surface area contributed by atoms with Crippen molar-refractivity contribution in [1.82, 2.24) is 0 Å². The van der Waals surface area contributed by atoms with Gasteiger partial charge in [-0.25, -0.2) is 0 Å². The van der Waals surface area contributed by atoms with Gasteiger partial charge in [-0.05, 0) is 73.0 Å². The highest BCUT2D eigenvalue weighted by Gasteiger charge is 2.47. The van der Waals surface area contributed by atoms with Gasteiger partial charge in [0.1, 0.15) is 11.5 Å². The van der Waals surface area contributed by atoms with Gasteiger partial charge in [0.25, 0.3) is 11.7 Å². The minimum absolute atomic E-state index is 0.00581. The molecule has 7 heteroatoms. The molecule has 1 aliphatic rings. The number of anilines is 1. The number of rotatable bonds is 6. The SMILES string of the molecule is CCCOc1cccc(C2/C(=C(/O)c3ccc(Br)c(C)c3)C(=O)C(=O)N2c2ccc(C#N)cc2)c1. The molecule has 0 aromatic heterocycles. The van der Waals surface area contributed by atoms with Gasteiger partial charge in [-0.2, -0.15) is 5.26 Å². The zero-order valence-electron chi connectivity index (χ0n) is 19.3. The first-order valence-corrected chi connectivity index (χ1v) is 12.0. The number of halogens is 1. The summed E-state index contributed by atoms with van der Waals surface area (Å²) < 4.78 is 6.65. The Morgan fingerprint density at radius 3 is 2.51 bits per heavy atom. The maximum atomic E-state index is 13.3. The summed E-state index contributed by atoms with van der Waals surface area (Å²) in [5.74, 6) is -1.18. The highest BCUT2D eigenvalue weighted by atomic mass is 79.9. The lowest BCUT2D eigenvalue weighted by molar-refractivity contribution is -0.132. The van der Waals surface area contributed by atoms with E-state index >= 15 is 0 Å². The second-order valence-corrected chi connectivity index (χ2v) is 9.07. The van der Waals surface area contributed by atoms with Crippen molar-refractivity contribution in [2.75, 3.05) is 11.5 Å². The number of nitrogens with zero attached hydrogens (tertiary/aromatic N) is 2. The molecular formula is C28H23BrN2O4. The Kier molecular flexibility index (Phi) is 7.04. The zero-order valence-corrected chi connectivity index (χ0v) is 20.9. The van der Waals surface area contributed by atoms with Gasteiger partial charge in [-0.1, -0.05) is 41.1 Å². The smallest absolute Gasteiger partial charge is 0.300 e. The lowest BCUT2D eigenvalue weighted by Crippen LogP contribution is -2.29. The average Bonchev–Trinajstić information content (AvgIpc) is 3.14. The molecule has 0 bridgehead atoms. The molecule has 0 saturated carbocycles. The third-order valence-electron chi connectivity index (χ3n) is 5.80. The monoisotopic (exact) mass is 530 g/mol. The Morgan fingerprint density at radius 2 is 1.86 bits per heavy atom. The van der Waals surface area contributed by atoms with E-state index in [2.05, 4.69) is 22.0 Å². The highest BCUT2D eigenvalue weighted by Crippen LogP contribution is 2.43. The number of aliphatic hydroxyl groups excluding tert-OH is 1. The lowest BCUT2D eigenvalue weighted by atomic mass is 9.94. The van der Waals surface area contributed by atoms with Crippen molar-refractivity contribution < 1.29 is 19.4 Å². The molecule has 1 heterocycles. The first-order valence-electron chi connectivity index (χ1n) is 11.2. The summed E-state index contributed by atoms with van der Waals surface area (Å²) in [5, 5.41) is 20.5. The van der Waals surface area contributed by atoms with E-state index in [1.54, 1.807) is 60.7 Å². The molecule has 3 aromatic rings. The number of amides is 1. The number of Topliss-reactive ketones (excluding diaryl/α,β-unsaturated/α-hetero) is 1.